The van der Waals surface area contributed by atoms with Gasteiger partial charge in [-0.2, -0.15) is 5.10 Å². The molecule has 0 bridgehead atoms. The number of ether oxygens (including phenoxy) is 1. The molecule has 3 heterocycles. The lowest BCUT2D eigenvalue weighted by atomic mass is 10.0. The van der Waals surface area contributed by atoms with Crippen LogP contribution in [0, 0.1) is 0 Å². The number of hydrogen-bond donors (Lipinski definition) is 2. The Balaban J connectivity index is 1.75. The van der Waals surface area contributed by atoms with Crippen LogP contribution in [0.15, 0.2) is 49.1 Å². The molecule has 4 aromatic rings. The van der Waals surface area contributed by atoms with Crippen molar-refractivity contribution in [2.75, 3.05) is 10.2 Å². The van der Waals surface area contributed by atoms with Crippen molar-refractivity contribution < 1.29 is 9.53 Å². The fourth-order valence-electron chi connectivity index (χ4n) is 3.78. The molecule has 0 aliphatic heterocycles. The van der Waals surface area contributed by atoms with Gasteiger partial charge in [0.1, 0.15) is 5.60 Å². The van der Waals surface area contributed by atoms with Crippen LogP contribution >= 0.6 is 0 Å². The van der Waals surface area contributed by atoms with Crippen LogP contribution in [-0.4, -0.2) is 42.0 Å². The Hall–Kier alpha value is -3.88. The molecule has 0 radical (unpaired) electrons. The minimum Gasteiger partial charge on any atom is -0.443 e. The van der Waals surface area contributed by atoms with E-state index in [1.165, 1.54) is 0 Å². The van der Waals surface area contributed by atoms with E-state index in [1.807, 2.05) is 85.2 Å². The topological polar surface area (TPSA) is 101 Å². The largest absolute Gasteiger partial charge is 0.443 e. The van der Waals surface area contributed by atoms with Gasteiger partial charge in [0.15, 0.2) is 0 Å². The van der Waals surface area contributed by atoms with Gasteiger partial charge in [-0.3, -0.25) is 9.58 Å². The van der Waals surface area contributed by atoms with Crippen LogP contribution in [-0.2, 0) is 11.8 Å². The first-order valence-electron chi connectivity index (χ1n) is 11.1. The summed E-state index contributed by atoms with van der Waals surface area (Å²) in [5, 5.41) is 8.29. The first kappa shape index (κ1) is 23.3. The maximum absolute atomic E-state index is 13.2. The van der Waals surface area contributed by atoms with Crippen molar-refractivity contribution in [3.63, 3.8) is 0 Å². The molecule has 0 atom stereocenters. The SMILES string of the molecule is Cn1cc(Nc2nccc(-c3ccc(N(C(=O)OC(C)(C)C)C(C)(C)C)c4[nH]ccc34)n2)cn1. The minimum atomic E-state index is -0.603. The second kappa shape index (κ2) is 8.48. The Morgan fingerprint density at radius 3 is 2.53 bits per heavy atom. The van der Waals surface area contributed by atoms with Crippen molar-refractivity contribution in [2.45, 2.75) is 52.7 Å². The van der Waals surface area contributed by atoms with Gasteiger partial charge in [-0.15, -0.1) is 0 Å². The summed E-state index contributed by atoms with van der Waals surface area (Å²) in [5.41, 5.74) is 2.96. The predicted molar refractivity (Wildman–Crippen MR) is 134 cm³/mol. The van der Waals surface area contributed by atoms with E-state index in [0.717, 1.165) is 33.5 Å². The van der Waals surface area contributed by atoms with Crippen molar-refractivity contribution in [1.82, 2.24) is 24.7 Å². The monoisotopic (exact) mass is 461 g/mol. The quantitative estimate of drug-likeness (QED) is 0.408. The molecule has 1 aromatic carbocycles. The van der Waals surface area contributed by atoms with Crippen LogP contribution in [0.4, 0.5) is 22.1 Å². The molecule has 0 fully saturated rings. The van der Waals surface area contributed by atoms with Gasteiger partial charge in [0.05, 0.1) is 28.8 Å². The Bertz CT molecular complexity index is 1330. The Morgan fingerprint density at radius 1 is 1.12 bits per heavy atom. The van der Waals surface area contributed by atoms with E-state index in [4.69, 9.17) is 9.72 Å². The van der Waals surface area contributed by atoms with Crippen LogP contribution < -0.4 is 10.2 Å². The number of amides is 1. The van der Waals surface area contributed by atoms with E-state index >= 15 is 0 Å². The van der Waals surface area contributed by atoms with Gasteiger partial charge < -0.3 is 15.0 Å². The Kier molecular flexibility index (Phi) is 5.80. The average molecular weight is 462 g/mol. The number of nitrogens with zero attached hydrogens (tertiary/aromatic N) is 5. The molecule has 9 nitrogen and oxygen atoms in total. The number of anilines is 3. The first-order chi connectivity index (χ1) is 15.9. The van der Waals surface area contributed by atoms with Crippen molar-refractivity contribution in [3.05, 3.63) is 49.1 Å². The van der Waals surface area contributed by atoms with Crippen molar-refractivity contribution in [2.24, 2.45) is 7.05 Å². The highest BCUT2D eigenvalue weighted by Crippen LogP contribution is 2.37. The molecule has 178 valence electrons. The zero-order chi connectivity index (χ0) is 24.7. The van der Waals surface area contributed by atoms with Crippen LogP contribution in [0.25, 0.3) is 22.2 Å². The van der Waals surface area contributed by atoms with Crippen LogP contribution in [0.2, 0.25) is 0 Å². The number of fused-ring (bicyclic) bond motifs is 1. The molecule has 3 aromatic heterocycles. The zero-order valence-corrected chi connectivity index (χ0v) is 20.7. The third-order valence-corrected chi connectivity index (χ3v) is 5.08. The Labute approximate surface area is 199 Å². The molecule has 9 heteroatoms. The highest BCUT2D eigenvalue weighted by atomic mass is 16.6. The molecule has 0 saturated heterocycles. The fourth-order valence-corrected chi connectivity index (χ4v) is 3.78. The number of rotatable bonds is 4. The third kappa shape index (κ3) is 4.88. The molecule has 0 unspecified atom stereocenters. The molecule has 0 aliphatic carbocycles. The van der Waals surface area contributed by atoms with E-state index < -0.39 is 17.2 Å². The molecular formula is C25H31N7O2. The standard InChI is InChI=1S/C25H31N7O2/c1-24(2,3)32(23(33)34-25(4,5)6)20-9-8-17(18-10-12-26-21(18)20)19-11-13-27-22(30-19)29-16-14-28-31(7)15-16/h8-15,26H,1-7H3,(H,27,29,30). The van der Waals surface area contributed by atoms with Crippen LogP contribution in [0.1, 0.15) is 41.5 Å². The number of H-pyrrole nitrogens is 1. The molecule has 0 saturated carbocycles. The number of nitrogens with one attached hydrogen (secondary N) is 2. The lowest BCUT2D eigenvalue weighted by molar-refractivity contribution is 0.0551. The summed E-state index contributed by atoms with van der Waals surface area (Å²) < 4.78 is 7.44. The number of carbonyl (C=O) groups is 1. The molecular weight excluding hydrogens is 430 g/mol. The summed E-state index contributed by atoms with van der Waals surface area (Å²) in [6, 6.07) is 7.76. The maximum Gasteiger partial charge on any atom is 0.415 e. The molecule has 34 heavy (non-hydrogen) atoms. The molecule has 0 aliphatic rings. The zero-order valence-electron chi connectivity index (χ0n) is 20.7. The predicted octanol–water partition coefficient (Wildman–Crippen LogP) is 5.64. The van der Waals surface area contributed by atoms with Gasteiger partial charge in [0.2, 0.25) is 5.95 Å². The number of aryl methyl sites for hydroxylation is 1. The second-order valence-corrected chi connectivity index (χ2v) is 10.2. The minimum absolute atomic E-state index is 0.395. The second-order valence-electron chi connectivity index (χ2n) is 10.2. The summed E-state index contributed by atoms with van der Waals surface area (Å²) in [6.07, 6.45) is 6.76. The lowest BCUT2D eigenvalue weighted by Gasteiger charge is -2.37. The lowest BCUT2D eigenvalue weighted by Crippen LogP contribution is -2.48. The first-order valence-corrected chi connectivity index (χ1v) is 11.1. The fraction of sp³-hybridized carbons (Fsp3) is 0.360. The molecule has 1 amide bonds. The molecule has 4 rings (SSSR count). The van der Waals surface area contributed by atoms with Gasteiger partial charge >= 0.3 is 6.09 Å². The van der Waals surface area contributed by atoms with Crippen LogP contribution in [0.5, 0.6) is 0 Å². The Morgan fingerprint density at radius 2 is 1.88 bits per heavy atom. The van der Waals surface area contributed by atoms with Gasteiger partial charge in [0.25, 0.3) is 0 Å². The van der Waals surface area contributed by atoms with Gasteiger partial charge in [-0.1, -0.05) is 0 Å². The van der Waals surface area contributed by atoms with Gasteiger partial charge in [-0.05, 0) is 65.8 Å². The summed E-state index contributed by atoms with van der Waals surface area (Å²) in [5.74, 6) is 0.475. The highest BCUT2D eigenvalue weighted by molar-refractivity contribution is 6.06. The maximum atomic E-state index is 13.2. The molecule has 2 N–H and O–H groups in total. The van der Waals surface area contributed by atoms with Crippen molar-refractivity contribution >= 4 is 34.3 Å². The van der Waals surface area contributed by atoms with E-state index in [-0.39, 0.29) is 0 Å². The average Bonchev–Trinajstić information content (AvgIpc) is 3.35. The number of aromatic amines is 1. The highest BCUT2D eigenvalue weighted by Gasteiger charge is 2.33. The smallest absolute Gasteiger partial charge is 0.415 e. The summed E-state index contributed by atoms with van der Waals surface area (Å²) in [7, 11) is 1.85. The van der Waals surface area contributed by atoms with E-state index in [0.29, 0.717) is 5.95 Å². The van der Waals surface area contributed by atoms with Gasteiger partial charge in [0, 0.05) is 42.1 Å². The molecule has 0 spiro atoms. The number of hydrogen-bond acceptors (Lipinski definition) is 6. The van der Waals surface area contributed by atoms with E-state index in [1.54, 1.807) is 22.0 Å². The number of aromatic nitrogens is 5. The van der Waals surface area contributed by atoms with Gasteiger partial charge in [-0.25, -0.2) is 14.8 Å². The van der Waals surface area contributed by atoms with Crippen LogP contribution in [0.3, 0.4) is 0 Å². The van der Waals surface area contributed by atoms with Crippen molar-refractivity contribution in [1.29, 1.82) is 0 Å². The summed E-state index contributed by atoms with van der Waals surface area (Å²) in [4.78, 5) is 27.2. The third-order valence-electron chi connectivity index (χ3n) is 5.08. The summed E-state index contributed by atoms with van der Waals surface area (Å²) in [6.45, 7) is 11.6. The van der Waals surface area contributed by atoms with E-state index in [9.17, 15) is 4.79 Å². The van der Waals surface area contributed by atoms with Crippen molar-refractivity contribution in [3.8, 4) is 11.3 Å². The number of benzene rings is 1. The van der Waals surface area contributed by atoms with E-state index in [2.05, 4.69) is 20.4 Å². The normalized spacial score (nSPS) is 12.1. The number of carbonyl (C=O) groups excluding carboxylic acids is 1. The summed E-state index contributed by atoms with van der Waals surface area (Å²) >= 11 is 0.